The summed E-state index contributed by atoms with van der Waals surface area (Å²) in [5.41, 5.74) is 1.11. The van der Waals surface area contributed by atoms with Gasteiger partial charge in [0.05, 0.1) is 0 Å². The summed E-state index contributed by atoms with van der Waals surface area (Å²) in [6.45, 7) is 11.5. The summed E-state index contributed by atoms with van der Waals surface area (Å²) in [4.78, 5) is 0. The minimum Gasteiger partial charge on any atom is -0.792 e. The van der Waals surface area contributed by atoms with Crippen LogP contribution in [0.3, 0.4) is 0 Å². The van der Waals surface area contributed by atoms with E-state index in [0.29, 0.717) is 0 Å². The van der Waals surface area contributed by atoms with Crippen LogP contribution in [0, 0.1) is 56.5 Å². The Hall–Kier alpha value is -3.23. The Morgan fingerprint density at radius 2 is 0.333 bits per heavy atom. The average Bonchev–Trinajstić information content (AvgIpc) is 2.85. The second-order valence-electron chi connectivity index (χ2n) is 5.41. The Morgan fingerprint density at radius 1 is 0.278 bits per heavy atom. The van der Waals surface area contributed by atoms with Crippen molar-refractivity contribution in [3.8, 4) is 0 Å². The molecule has 0 atom stereocenters. The summed E-state index contributed by atoms with van der Waals surface area (Å²) in [5, 5.41) is 96.7. The molecular weight excluding hydrogens is 574 g/mol. The molecular formula is C18H30Co2N8O8-10. The van der Waals surface area contributed by atoms with Crippen LogP contribution in [-0.4, -0.2) is 45.7 Å². The molecule has 0 aliphatic heterocycles. The summed E-state index contributed by atoms with van der Waals surface area (Å²) < 4.78 is 0. The molecule has 16 nitrogen and oxygen atoms in total. The van der Waals surface area contributed by atoms with Gasteiger partial charge in [0.15, 0.2) is 0 Å². The van der Waals surface area contributed by atoms with Crippen molar-refractivity contribution in [2.24, 2.45) is 41.2 Å². The molecule has 0 N–H and O–H groups in total. The first kappa shape index (κ1) is 53.9. The summed E-state index contributed by atoms with van der Waals surface area (Å²) in [7, 11) is 0. The predicted molar refractivity (Wildman–Crippen MR) is 145 cm³/mol. The fraction of sp³-hybridized carbons (Fsp3) is 0.444. The normalized spacial score (nSPS) is 12.7. The molecule has 0 amide bonds. The molecule has 0 aliphatic rings. The fourth-order valence-corrected chi connectivity index (χ4v) is 0.528. The molecule has 36 heavy (non-hydrogen) atoms. The van der Waals surface area contributed by atoms with Gasteiger partial charge < -0.3 is 97.8 Å². The van der Waals surface area contributed by atoms with Crippen LogP contribution in [0.2, 0.25) is 0 Å². The molecule has 0 aromatic carbocycles. The maximum atomic E-state index is 9.60. The number of hydrogen-bond donors (Lipinski definition) is 0. The van der Waals surface area contributed by atoms with Gasteiger partial charge in [0, 0.05) is 79.3 Å². The van der Waals surface area contributed by atoms with Crippen molar-refractivity contribution in [1.82, 2.24) is 0 Å². The molecule has 0 saturated heterocycles. The Labute approximate surface area is 232 Å². The Morgan fingerprint density at radius 3 is 0.361 bits per heavy atom. The zero-order chi connectivity index (χ0) is 26.3. The molecule has 0 aromatic rings. The smallest absolute Gasteiger partial charge is 0.0465 e. The van der Waals surface area contributed by atoms with Crippen molar-refractivity contribution in [2.75, 3.05) is 0 Å². The number of hydrogen-bond acceptors (Lipinski definition) is 16. The van der Waals surface area contributed by atoms with Crippen LogP contribution in [0.1, 0.15) is 55.4 Å². The van der Waals surface area contributed by atoms with Gasteiger partial charge in [0.25, 0.3) is 0 Å². The first-order valence-corrected chi connectivity index (χ1v) is 8.25. The minimum absolute atomic E-state index is 0. The first-order valence-electron chi connectivity index (χ1n) is 8.25. The SMILES string of the molecule is CC(=N\[O-])/C(C)=N/[O-].CC(=N\[O-])/C(C)=N/[O-].CC(=N\[O-])/C(C)=N/[O-].CC(=N\[O-])/C(C)=N/[O-].[CH3-].[CH3-].[Co].[Co]. The first-order chi connectivity index (χ1) is 14.9. The molecule has 218 valence electrons. The maximum Gasteiger partial charge on any atom is 0.0465 e. The van der Waals surface area contributed by atoms with E-state index >= 15 is 0 Å². The van der Waals surface area contributed by atoms with Crippen molar-refractivity contribution < 1.29 is 33.6 Å². The van der Waals surface area contributed by atoms with E-state index in [0.717, 1.165) is 0 Å². The zero-order valence-electron chi connectivity index (χ0n) is 21.5. The van der Waals surface area contributed by atoms with Crippen LogP contribution >= 0.6 is 0 Å². The molecule has 0 spiro atoms. The second-order valence-corrected chi connectivity index (χ2v) is 5.41. The van der Waals surface area contributed by atoms with Gasteiger partial charge >= 0.3 is 0 Å². The van der Waals surface area contributed by atoms with Crippen molar-refractivity contribution in [2.45, 2.75) is 55.4 Å². The molecule has 0 heterocycles. The van der Waals surface area contributed by atoms with E-state index in [-0.39, 0.29) is 94.1 Å². The third kappa shape index (κ3) is 32.9. The monoisotopic (exact) mass is 604 g/mol. The Bertz CT molecular complexity index is 589. The largest absolute Gasteiger partial charge is 0.792 e. The van der Waals surface area contributed by atoms with E-state index in [2.05, 4.69) is 41.2 Å². The van der Waals surface area contributed by atoms with Crippen molar-refractivity contribution in [3.63, 3.8) is 0 Å². The van der Waals surface area contributed by atoms with Crippen LogP contribution in [-0.2, 0) is 33.6 Å². The topological polar surface area (TPSA) is 283 Å². The summed E-state index contributed by atoms with van der Waals surface area (Å²) >= 11 is 0. The van der Waals surface area contributed by atoms with E-state index in [4.69, 9.17) is 0 Å². The van der Waals surface area contributed by atoms with Gasteiger partial charge in [-0.3, -0.25) is 0 Å². The van der Waals surface area contributed by atoms with Gasteiger partial charge in [-0.2, -0.15) is 0 Å². The number of nitrogens with zero attached hydrogens (tertiary/aromatic N) is 8. The minimum atomic E-state index is 0. The van der Waals surface area contributed by atoms with Crippen molar-refractivity contribution in [3.05, 3.63) is 56.5 Å². The van der Waals surface area contributed by atoms with Gasteiger partial charge in [0.1, 0.15) is 0 Å². The quantitative estimate of drug-likeness (QED) is 0.249. The predicted octanol–water partition coefficient (Wildman–Crippen LogP) is 4.51. The summed E-state index contributed by atoms with van der Waals surface area (Å²) in [6, 6.07) is 0. The van der Waals surface area contributed by atoms with Gasteiger partial charge in [-0.1, -0.05) is 0 Å². The van der Waals surface area contributed by atoms with Crippen LogP contribution in [0.4, 0.5) is 0 Å². The fourth-order valence-electron chi connectivity index (χ4n) is 0.528. The molecule has 0 saturated carbocycles. The number of rotatable bonds is 4. The molecule has 0 aromatic heterocycles. The molecule has 0 unspecified atom stereocenters. The maximum absolute atomic E-state index is 9.60. The van der Waals surface area contributed by atoms with Crippen LogP contribution in [0.5, 0.6) is 0 Å². The summed E-state index contributed by atoms with van der Waals surface area (Å²) in [5.74, 6) is 0. The van der Waals surface area contributed by atoms with Crippen molar-refractivity contribution in [1.29, 1.82) is 0 Å². The van der Waals surface area contributed by atoms with Crippen LogP contribution in [0.25, 0.3) is 0 Å². The van der Waals surface area contributed by atoms with Crippen LogP contribution in [0.15, 0.2) is 41.2 Å². The van der Waals surface area contributed by atoms with Gasteiger partial charge in [-0.05, 0) is 55.4 Å². The van der Waals surface area contributed by atoms with E-state index in [1.807, 2.05) is 0 Å². The van der Waals surface area contributed by atoms with Crippen LogP contribution < -0.4 is 0 Å². The van der Waals surface area contributed by atoms with Gasteiger partial charge in [-0.15, -0.1) is 0 Å². The van der Waals surface area contributed by atoms with E-state index < -0.39 is 0 Å². The van der Waals surface area contributed by atoms with E-state index in [9.17, 15) is 41.7 Å². The Kier molecular flexibility index (Phi) is 54.4. The molecule has 2 radical (unpaired) electrons. The third-order valence-electron chi connectivity index (χ3n) is 3.19. The average molecular weight is 604 g/mol. The van der Waals surface area contributed by atoms with E-state index in [1.165, 1.54) is 55.4 Å². The third-order valence-corrected chi connectivity index (χ3v) is 3.19. The second kappa shape index (κ2) is 36.3. The van der Waals surface area contributed by atoms with Gasteiger partial charge in [-0.25, -0.2) is 0 Å². The standard InChI is InChI=1S/4C4H8N2O2.2CH3.2Co/c4*1-3(5-7)4(2)6-8;;;;/h4*7-8H,1-2H3;2*1H3;;/q;;;;2*-1;;/p-8/b4*5-3+,6-4+;;;;. The summed E-state index contributed by atoms with van der Waals surface area (Å²) in [6.07, 6.45) is 0. The van der Waals surface area contributed by atoms with Crippen molar-refractivity contribution >= 4 is 45.7 Å². The zero-order valence-corrected chi connectivity index (χ0v) is 23.6. The van der Waals surface area contributed by atoms with E-state index in [1.54, 1.807) is 0 Å². The molecule has 18 heteroatoms. The molecule has 0 fully saturated rings. The Balaban J connectivity index is -0.0000000467. The molecule has 0 aliphatic carbocycles. The van der Waals surface area contributed by atoms with Gasteiger partial charge in [0.2, 0.25) is 0 Å². The molecule has 0 bridgehead atoms. The molecule has 0 rings (SSSR count).